The fourth-order valence-electron chi connectivity index (χ4n) is 5.09. The molecule has 1 heterocycles. The molecule has 0 bridgehead atoms. The van der Waals surface area contributed by atoms with E-state index in [9.17, 15) is 9.59 Å². The SMILES string of the molecule is CCOc1cc(C2C3=C(CCCC3=O)OC3=C2C(=O)CCC3)cc(I)c1OCc1ccc(Cl)c(Cl)c1. The Labute approximate surface area is 233 Å². The summed E-state index contributed by atoms with van der Waals surface area (Å²) in [6.45, 7) is 2.63. The van der Waals surface area contributed by atoms with E-state index < -0.39 is 5.92 Å². The summed E-state index contributed by atoms with van der Waals surface area (Å²) in [5.74, 6) is 2.28. The van der Waals surface area contributed by atoms with Gasteiger partial charge >= 0.3 is 0 Å². The van der Waals surface area contributed by atoms with Crippen LogP contribution in [0.1, 0.15) is 62.5 Å². The molecule has 0 saturated heterocycles. The molecule has 0 radical (unpaired) electrons. The van der Waals surface area contributed by atoms with Gasteiger partial charge in [-0.2, -0.15) is 0 Å². The van der Waals surface area contributed by atoms with Crippen LogP contribution in [0.3, 0.4) is 0 Å². The molecule has 36 heavy (non-hydrogen) atoms. The Morgan fingerprint density at radius 1 is 0.917 bits per heavy atom. The average Bonchev–Trinajstić information content (AvgIpc) is 2.85. The minimum Gasteiger partial charge on any atom is -0.490 e. The number of rotatable bonds is 6. The van der Waals surface area contributed by atoms with E-state index in [1.165, 1.54) is 0 Å². The Bertz CT molecular complexity index is 1270. The summed E-state index contributed by atoms with van der Waals surface area (Å²) in [6.07, 6.45) is 3.89. The molecule has 0 amide bonds. The van der Waals surface area contributed by atoms with Crippen molar-refractivity contribution in [3.63, 3.8) is 0 Å². The van der Waals surface area contributed by atoms with Crippen molar-refractivity contribution in [2.24, 2.45) is 0 Å². The van der Waals surface area contributed by atoms with Gasteiger partial charge in [0, 0.05) is 42.7 Å². The summed E-state index contributed by atoms with van der Waals surface area (Å²) < 4.78 is 19.2. The maximum Gasteiger partial charge on any atom is 0.174 e. The highest BCUT2D eigenvalue weighted by Crippen LogP contribution is 2.49. The van der Waals surface area contributed by atoms with Gasteiger partial charge in [-0.05, 0) is 77.7 Å². The van der Waals surface area contributed by atoms with Crippen LogP contribution in [0.25, 0.3) is 0 Å². The summed E-state index contributed by atoms with van der Waals surface area (Å²) in [7, 11) is 0. The lowest BCUT2D eigenvalue weighted by Crippen LogP contribution is -2.30. The summed E-state index contributed by atoms with van der Waals surface area (Å²) in [6, 6.07) is 9.28. The van der Waals surface area contributed by atoms with Crippen molar-refractivity contribution in [3.05, 3.63) is 77.7 Å². The molecule has 5 rings (SSSR count). The van der Waals surface area contributed by atoms with Crippen LogP contribution in [-0.4, -0.2) is 18.2 Å². The first-order valence-corrected chi connectivity index (χ1v) is 13.9. The fourth-order valence-corrected chi connectivity index (χ4v) is 6.20. The number of ketones is 2. The molecule has 0 saturated carbocycles. The Kier molecular flexibility index (Phi) is 7.65. The number of Topliss-reactive ketones (excluding diaryl/α,β-unsaturated/α-hetero) is 2. The van der Waals surface area contributed by atoms with Crippen molar-refractivity contribution in [1.29, 1.82) is 0 Å². The summed E-state index contributed by atoms with van der Waals surface area (Å²) in [5, 5.41) is 0.956. The predicted molar refractivity (Wildman–Crippen MR) is 147 cm³/mol. The lowest BCUT2D eigenvalue weighted by molar-refractivity contribution is -0.117. The number of carbonyl (C=O) groups is 2. The van der Waals surface area contributed by atoms with Crippen molar-refractivity contribution in [2.45, 2.75) is 58.0 Å². The predicted octanol–water partition coefficient (Wildman–Crippen LogP) is 7.70. The van der Waals surface area contributed by atoms with Crippen molar-refractivity contribution in [3.8, 4) is 11.5 Å². The van der Waals surface area contributed by atoms with E-state index in [2.05, 4.69) is 22.6 Å². The molecular weight excluding hydrogens is 614 g/mol. The van der Waals surface area contributed by atoms with Gasteiger partial charge in [0.1, 0.15) is 18.1 Å². The van der Waals surface area contributed by atoms with Gasteiger partial charge in [0.05, 0.1) is 20.2 Å². The standard InChI is InChI=1S/C28H25Cl2IO5/c1-2-34-24-13-16(12-19(31)28(24)35-14-15-9-10-17(29)18(30)11-15)25-26-20(32)5-3-7-22(26)36-23-8-4-6-21(33)27(23)25/h9-13,25H,2-8,14H2,1H3. The van der Waals surface area contributed by atoms with Gasteiger partial charge in [0.25, 0.3) is 0 Å². The highest BCUT2D eigenvalue weighted by molar-refractivity contribution is 14.1. The Hall–Kier alpha value is -2.03. The molecule has 0 atom stereocenters. The molecule has 5 nitrogen and oxygen atoms in total. The highest BCUT2D eigenvalue weighted by atomic mass is 127. The minimum atomic E-state index is -0.443. The maximum atomic E-state index is 13.1. The van der Waals surface area contributed by atoms with Gasteiger partial charge in [0.15, 0.2) is 23.1 Å². The van der Waals surface area contributed by atoms with E-state index >= 15 is 0 Å². The van der Waals surface area contributed by atoms with Gasteiger partial charge in [-0.25, -0.2) is 0 Å². The molecule has 0 unspecified atom stereocenters. The van der Waals surface area contributed by atoms with Crippen molar-refractivity contribution < 1.29 is 23.8 Å². The van der Waals surface area contributed by atoms with Gasteiger partial charge in [-0.15, -0.1) is 0 Å². The molecule has 1 aliphatic heterocycles. The largest absolute Gasteiger partial charge is 0.490 e. The van der Waals surface area contributed by atoms with Crippen LogP contribution in [0, 0.1) is 3.57 Å². The number of allylic oxidation sites excluding steroid dienone is 4. The van der Waals surface area contributed by atoms with E-state index in [0.29, 0.717) is 65.0 Å². The Morgan fingerprint density at radius 2 is 1.58 bits per heavy atom. The minimum absolute atomic E-state index is 0.0547. The van der Waals surface area contributed by atoms with Gasteiger partial charge in [-0.3, -0.25) is 9.59 Å². The van der Waals surface area contributed by atoms with E-state index in [-0.39, 0.29) is 18.2 Å². The van der Waals surface area contributed by atoms with Crippen LogP contribution in [-0.2, 0) is 20.9 Å². The number of ether oxygens (including phenoxy) is 3. The fraction of sp³-hybridized carbons (Fsp3) is 0.357. The number of carbonyl (C=O) groups excluding carboxylic acids is 2. The maximum absolute atomic E-state index is 13.1. The summed E-state index contributed by atoms with van der Waals surface area (Å²) in [4.78, 5) is 26.2. The molecule has 2 aromatic rings. The third-order valence-electron chi connectivity index (χ3n) is 6.67. The first-order chi connectivity index (χ1) is 17.4. The van der Waals surface area contributed by atoms with Gasteiger partial charge < -0.3 is 14.2 Å². The second-order valence-corrected chi connectivity index (χ2v) is 11.0. The molecule has 0 fully saturated rings. The molecule has 2 aliphatic carbocycles. The van der Waals surface area contributed by atoms with Crippen molar-refractivity contribution in [2.75, 3.05) is 6.61 Å². The van der Waals surface area contributed by atoms with E-state index in [4.69, 9.17) is 37.4 Å². The topological polar surface area (TPSA) is 61.8 Å². The smallest absolute Gasteiger partial charge is 0.174 e. The van der Waals surface area contributed by atoms with Gasteiger partial charge in [0.2, 0.25) is 0 Å². The summed E-state index contributed by atoms with van der Waals surface area (Å²) >= 11 is 14.4. The Balaban J connectivity index is 1.56. The molecule has 8 heteroatoms. The third kappa shape index (κ3) is 4.92. The van der Waals surface area contributed by atoms with Crippen LogP contribution in [0.15, 0.2) is 53.0 Å². The first-order valence-electron chi connectivity index (χ1n) is 12.1. The molecule has 0 aromatic heterocycles. The normalized spacial score (nSPS) is 18.1. The van der Waals surface area contributed by atoms with Crippen molar-refractivity contribution >= 4 is 57.4 Å². The van der Waals surface area contributed by atoms with Crippen LogP contribution in [0.4, 0.5) is 0 Å². The lowest BCUT2D eigenvalue weighted by Gasteiger charge is -2.36. The second-order valence-electron chi connectivity index (χ2n) is 9.06. The number of hydrogen-bond acceptors (Lipinski definition) is 5. The zero-order valence-corrected chi connectivity index (χ0v) is 23.5. The van der Waals surface area contributed by atoms with Crippen LogP contribution in [0.2, 0.25) is 10.0 Å². The van der Waals surface area contributed by atoms with E-state index in [1.807, 2.05) is 25.1 Å². The average molecular weight is 639 g/mol. The van der Waals surface area contributed by atoms with Crippen LogP contribution >= 0.6 is 45.8 Å². The highest BCUT2D eigenvalue weighted by Gasteiger charge is 2.42. The van der Waals surface area contributed by atoms with E-state index in [0.717, 1.165) is 39.1 Å². The zero-order chi connectivity index (χ0) is 25.4. The second kappa shape index (κ2) is 10.8. The van der Waals surface area contributed by atoms with Crippen molar-refractivity contribution in [1.82, 2.24) is 0 Å². The quantitative estimate of drug-likeness (QED) is 0.304. The summed E-state index contributed by atoms with van der Waals surface area (Å²) in [5.41, 5.74) is 2.97. The number of benzene rings is 2. The molecule has 2 aromatic carbocycles. The zero-order valence-electron chi connectivity index (χ0n) is 19.8. The molecule has 0 N–H and O–H groups in total. The van der Waals surface area contributed by atoms with Crippen LogP contribution in [0.5, 0.6) is 11.5 Å². The van der Waals surface area contributed by atoms with E-state index in [1.54, 1.807) is 12.1 Å². The molecule has 3 aliphatic rings. The lowest BCUT2D eigenvalue weighted by atomic mass is 9.73. The monoisotopic (exact) mass is 638 g/mol. The Morgan fingerprint density at radius 3 is 2.19 bits per heavy atom. The number of halogens is 3. The first kappa shape index (κ1) is 25.6. The molecule has 0 spiro atoms. The molecular formula is C28H25Cl2IO5. The third-order valence-corrected chi connectivity index (χ3v) is 8.21. The van der Waals surface area contributed by atoms with Gasteiger partial charge in [-0.1, -0.05) is 29.3 Å². The number of hydrogen-bond donors (Lipinski definition) is 0. The van der Waals surface area contributed by atoms with Crippen LogP contribution < -0.4 is 9.47 Å². The molecule has 188 valence electrons.